The third-order valence-electron chi connectivity index (χ3n) is 3.19. The maximum atomic E-state index is 12.0. The highest BCUT2D eigenvalue weighted by atomic mass is 32.2. The number of benzene rings is 1. The highest BCUT2D eigenvalue weighted by molar-refractivity contribution is 7.99. The summed E-state index contributed by atoms with van der Waals surface area (Å²) in [6, 6.07) is 9.89. The summed E-state index contributed by atoms with van der Waals surface area (Å²) in [6.07, 6.45) is 7.49. The van der Waals surface area contributed by atoms with E-state index in [0.29, 0.717) is 18.8 Å². The van der Waals surface area contributed by atoms with E-state index in [9.17, 15) is 4.79 Å². The molecule has 0 spiro atoms. The van der Waals surface area contributed by atoms with Gasteiger partial charge in [0.2, 0.25) is 5.91 Å². The van der Waals surface area contributed by atoms with Crippen LogP contribution in [0, 0.1) is 17.2 Å². The number of anilines is 1. The first-order valence-corrected chi connectivity index (χ1v) is 7.83. The van der Waals surface area contributed by atoms with Crippen molar-refractivity contribution in [1.29, 1.82) is 5.26 Å². The molecule has 0 aromatic heterocycles. The monoisotopic (exact) mass is 286 g/mol. The molecule has 1 aromatic carbocycles. The highest BCUT2D eigenvalue weighted by Gasteiger charge is 2.14. The Kier molecular flexibility index (Phi) is 5.69. The maximum Gasteiger partial charge on any atom is 0.224 e. The van der Waals surface area contributed by atoms with Crippen LogP contribution in [0.4, 0.5) is 5.69 Å². The second-order valence-corrected chi connectivity index (χ2v) is 5.91. The lowest BCUT2D eigenvalue weighted by Gasteiger charge is -2.12. The minimum Gasteiger partial charge on any atom is -0.325 e. The van der Waals surface area contributed by atoms with E-state index < -0.39 is 0 Å². The zero-order chi connectivity index (χ0) is 14.2. The number of thioether (sulfide) groups is 1. The lowest BCUT2D eigenvalue weighted by molar-refractivity contribution is -0.116. The zero-order valence-electron chi connectivity index (χ0n) is 11.3. The van der Waals surface area contributed by atoms with Gasteiger partial charge in [0, 0.05) is 23.5 Å². The molecular weight excluding hydrogens is 268 g/mol. The molecule has 2 rings (SSSR count). The van der Waals surface area contributed by atoms with Crippen LogP contribution in [-0.2, 0) is 4.79 Å². The Bertz CT molecular complexity index is 534. The Morgan fingerprint density at radius 3 is 3.05 bits per heavy atom. The lowest BCUT2D eigenvalue weighted by Crippen LogP contribution is -2.15. The van der Waals surface area contributed by atoms with Gasteiger partial charge in [0.25, 0.3) is 0 Å². The topological polar surface area (TPSA) is 52.9 Å². The second-order valence-electron chi connectivity index (χ2n) is 4.77. The average Bonchev–Trinajstić information content (AvgIpc) is 2.93. The van der Waals surface area contributed by atoms with Crippen LogP contribution in [0.1, 0.15) is 25.7 Å². The fourth-order valence-electron chi connectivity index (χ4n) is 2.21. The summed E-state index contributed by atoms with van der Waals surface area (Å²) in [5.41, 5.74) is 0.849. The molecule has 1 atom stereocenters. The normalized spacial score (nSPS) is 16.9. The predicted molar refractivity (Wildman–Crippen MR) is 82.5 cm³/mol. The quantitative estimate of drug-likeness (QED) is 0.489. The molecule has 1 aliphatic carbocycles. The molecule has 0 fully saturated rings. The van der Waals surface area contributed by atoms with Crippen LogP contribution < -0.4 is 5.32 Å². The number of nitrogens with zero attached hydrogens (tertiary/aromatic N) is 1. The SMILES string of the molecule is N#CCCSc1ccccc1NC(=O)C[C@@H]1C=CCC1. The number of rotatable bonds is 6. The fraction of sp³-hybridized carbons (Fsp3) is 0.375. The summed E-state index contributed by atoms with van der Waals surface area (Å²) in [5, 5.41) is 11.6. The van der Waals surface area contributed by atoms with Crippen molar-refractivity contribution in [2.75, 3.05) is 11.1 Å². The van der Waals surface area contributed by atoms with Crippen molar-refractivity contribution in [3.63, 3.8) is 0 Å². The van der Waals surface area contributed by atoms with Gasteiger partial charge in [-0.2, -0.15) is 5.26 Å². The Morgan fingerprint density at radius 1 is 1.45 bits per heavy atom. The lowest BCUT2D eigenvalue weighted by atomic mass is 10.1. The summed E-state index contributed by atoms with van der Waals surface area (Å²) in [4.78, 5) is 13.1. The van der Waals surface area contributed by atoms with Crippen LogP contribution >= 0.6 is 11.8 Å². The van der Waals surface area contributed by atoms with E-state index in [1.165, 1.54) is 0 Å². The van der Waals surface area contributed by atoms with Crippen molar-refractivity contribution in [3.8, 4) is 6.07 Å². The van der Waals surface area contributed by atoms with E-state index in [-0.39, 0.29) is 5.91 Å². The summed E-state index contributed by atoms with van der Waals surface area (Å²) in [7, 11) is 0. The van der Waals surface area contributed by atoms with Crippen molar-refractivity contribution >= 4 is 23.4 Å². The summed E-state index contributed by atoms with van der Waals surface area (Å²) in [5.74, 6) is 1.19. The molecule has 0 aliphatic heterocycles. The Hall–Kier alpha value is -1.73. The molecule has 0 saturated carbocycles. The molecule has 0 saturated heterocycles. The van der Waals surface area contributed by atoms with Gasteiger partial charge >= 0.3 is 0 Å². The summed E-state index contributed by atoms with van der Waals surface area (Å²) in [6.45, 7) is 0. The van der Waals surface area contributed by atoms with Crippen LogP contribution in [0.15, 0.2) is 41.3 Å². The minimum absolute atomic E-state index is 0.0647. The Labute approximate surface area is 124 Å². The number of carbonyl (C=O) groups is 1. The molecule has 1 amide bonds. The first kappa shape index (κ1) is 14.7. The Balaban J connectivity index is 1.92. The smallest absolute Gasteiger partial charge is 0.224 e. The molecule has 0 unspecified atom stereocenters. The van der Waals surface area contributed by atoms with Crippen LogP contribution in [0.3, 0.4) is 0 Å². The number of hydrogen-bond acceptors (Lipinski definition) is 3. The van der Waals surface area contributed by atoms with Crippen molar-refractivity contribution in [2.45, 2.75) is 30.6 Å². The molecule has 0 radical (unpaired) electrons. The number of nitrogens with one attached hydrogen (secondary N) is 1. The van der Waals surface area contributed by atoms with E-state index in [1.54, 1.807) is 11.8 Å². The van der Waals surface area contributed by atoms with E-state index in [1.807, 2.05) is 24.3 Å². The molecule has 0 bridgehead atoms. The van der Waals surface area contributed by atoms with Crippen molar-refractivity contribution in [3.05, 3.63) is 36.4 Å². The molecule has 1 aromatic rings. The van der Waals surface area contributed by atoms with Crippen molar-refractivity contribution in [1.82, 2.24) is 0 Å². The van der Waals surface area contributed by atoms with Gasteiger partial charge in [-0.25, -0.2) is 0 Å². The van der Waals surface area contributed by atoms with Gasteiger partial charge in [-0.05, 0) is 30.9 Å². The van der Waals surface area contributed by atoms with E-state index in [0.717, 1.165) is 29.2 Å². The fourth-order valence-corrected chi connectivity index (χ4v) is 3.07. The molecule has 3 nitrogen and oxygen atoms in total. The molecular formula is C16H18N2OS. The van der Waals surface area contributed by atoms with Gasteiger partial charge in [0.05, 0.1) is 11.8 Å². The van der Waals surface area contributed by atoms with Gasteiger partial charge in [-0.1, -0.05) is 24.3 Å². The predicted octanol–water partition coefficient (Wildman–Crippen LogP) is 3.99. The molecule has 1 N–H and O–H groups in total. The van der Waals surface area contributed by atoms with Crippen LogP contribution in [0.25, 0.3) is 0 Å². The average molecular weight is 286 g/mol. The molecule has 20 heavy (non-hydrogen) atoms. The molecule has 0 heterocycles. The van der Waals surface area contributed by atoms with E-state index >= 15 is 0 Å². The van der Waals surface area contributed by atoms with Crippen molar-refractivity contribution < 1.29 is 4.79 Å². The number of para-hydroxylation sites is 1. The van der Waals surface area contributed by atoms with Crippen LogP contribution in [-0.4, -0.2) is 11.7 Å². The van der Waals surface area contributed by atoms with Gasteiger partial charge in [-0.15, -0.1) is 11.8 Å². The van der Waals surface area contributed by atoms with Gasteiger partial charge in [0.1, 0.15) is 0 Å². The van der Waals surface area contributed by atoms with Gasteiger partial charge in [-0.3, -0.25) is 4.79 Å². The van der Waals surface area contributed by atoms with Crippen molar-refractivity contribution in [2.24, 2.45) is 5.92 Å². The largest absolute Gasteiger partial charge is 0.325 e. The maximum absolute atomic E-state index is 12.0. The summed E-state index contributed by atoms with van der Waals surface area (Å²) >= 11 is 1.61. The van der Waals surface area contributed by atoms with Gasteiger partial charge in [0.15, 0.2) is 0 Å². The standard InChI is InChI=1S/C16H18N2OS/c17-10-5-11-20-15-9-4-3-8-14(15)18-16(19)12-13-6-1-2-7-13/h1,3-4,6,8-9,13H,2,5,7,11-12H2,(H,18,19)/t13-/m1/s1. The van der Waals surface area contributed by atoms with E-state index in [2.05, 4.69) is 23.5 Å². The number of allylic oxidation sites excluding steroid dienone is 2. The first-order chi connectivity index (χ1) is 9.79. The number of amides is 1. The number of hydrogen-bond donors (Lipinski definition) is 1. The molecule has 4 heteroatoms. The molecule has 1 aliphatic rings. The minimum atomic E-state index is 0.0647. The second kappa shape index (κ2) is 7.76. The number of nitriles is 1. The summed E-state index contributed by atoms with van der Waals surface area (Å²) < 4.78 is 0. The Morgan fingerprint density at radius 2 is 2.30 bits per heavy atom. The van der Waals surface area contributed by atoms with E-state index in [4.69, 9.17) is 5.26 Å². The number of carbonyl (C=O) groups excluding carboxylic acids is 1. The third kappa shape index (κ3) is 4.43. The first-order valence-electron chi connectivity index (χ1n) is 6.85. The van der Waals surface area contributed by atoms with Gasteiger partial charge < -0.3 is 5.32 Å². The third-order valence-corrected chi connectivity index (χ3v) is 4.27. The molecule has 104 valence electrons. The zero-order valence-corrected chi connectivity index (χ0v) is 12.2. The van der Waals surface area contributed by atoms with Crippen LogP contribution in [0.2, 0.25) is 0 Å². The van der Waals surface area contributed by atoms with Crippen LogP contribution in [0.5, 0.6) is 0 Å². The highest BCUT2D eigenvalue weighted by Crippen LogP contribution is 2.28.